The summed E-state index contributed by atoms with van der Waals surface area (Å²) >= 11 is 0. The predicted molar refractivity (Wildman–Crippen MR) is 151 cm³/mol. The van der Waals surface area contributed by atoms with Gasteiger partial charge < -0.3 is 19.9 Å². The molecular weight excluding hydrogens is 514 g/mol. The first-order chi connectivity index (χ1) is 18.5. The van der Waals surface area contributed by atoms with Gasteiger partial charge in [0.2, 0.25) is 10.0 Å². The van der Waals surface area contributed by atoms with E-state index in [-0.39, 0.29) is 21.9 Å². The van der Waals surface area contributed by atoms with Gasteiger partial charge in [-0.25, -0.2) is 8.42 Å². The van der Waals surface area contributed by atoms with Gasteiger partial charge in [0.15, 0.2) is 5.88 Å². The van der Waals surface area contributed by atoms with Gasteiger partial charge in [0.25, 0.3) is 5.91 Å². The molecule has 0 aliphatic carbocycles. The molecule has 1 atom stereocenters. The molecule has 1 spiro atoms. The summed E-state index contributed by atoms with van der Waals surface area (Å²) in [7, 11) is -3.66. The Morgan fingerprint density at radius 2 is 1.87 bits per heavy atom. The number of sulfonamides is 1. The van der Waals surface area contributed by atoms with Crippen molar-refractivity contribution in [1.29, 1.82) is 0 Å². The van der Waals surface area contributed by atoms with Crippen LogP contribution in [0.4, 0.5) is 0 Å². The predicted octanol–water partition coefficient (Wildman–Crippen LogP) is 3.38. The molecule has 0 aromatic heterocycles. The summed E-state index contributed by atoms with van der Waals surface area (Å²) < 4.78 is 34.9. The molecule has 0 radical (unpaired) electrons. The van der Waals surface area contributed by atoms with Crippen molar-refractivity contribution in [3.8, 4) is 0 Å². The van der Waals surface area contributed by atoms with Crippen LogP contribution in [-0.4, -0.2) is 78.1 Å². The van der Waals surface area contributed by atoms with Crippen LogP contribution < -0.4 is 5.32 Å². The van der Waals surface area contributed by atoms with Gasteiger partial charge in [0.1, 0.15) is 11.4 Å². The van der Waals surface area contributed by atoms with E-state index in [0.29, 0.717) is 31.1 Å². The maximum absolute atomic E-state index is 13.6. The molecule has 210 valence electrons. The van der Waals surface area contributed by atoms with E-state index in [1.54, 1.807) is 34.6 Å². The first kappa shape index (κ1) is 27.5. The molecule has 1 amide bonds. The average Bonchev–Trinajstić information content (AvgIpc) is 3.54. The fourth-order valence-electron chi connectivity index (χ4n) is 5.82. The van der Waals surface area contributed by atoms with Crippen LogP contribution in [0.25, 0.3) is 0 Å². The topological polar surface area (TPSA) is 94.5 Å². The van der Waals surface area contributed by atoms with E-state index in [1.165, 1.54) is 0 Å². The quantitative estimate of drug-likeness (QED) is 0.521. The van der Waals surface area contributed by atoms with Crippen LogP contribution in [0.2, 0.25) is 0 Å². The number of likely N-dealkylation sites (tertiary alicyclic amines) is 1. The zero-order valence-electron chi connectivity index (χ0n) is 23.1. The number of hydrogen-bond acceptors (Lipinski definition) is 7. The monoisotopic (exact) mass is 553 g/mol. The Hall–Kier alpha value is -3.11. The van der Waals surface area contributed by atoms with E-state index in [9.17, 15) is 13.2 Å². The molecule has 39 heavy (non-hydrogen) atoms. The Labute approximate surface area is 231 Å². The molecule has 4 aliphatic rings. The minimum Gasteiger partial charge on any atom is -0.474 e. The molecule has 2 fully saturated rings. The maximum atomic E-state index is 13.6. The minimum absolute atomic E-state index is 0.176. The molecule has 1 N–H and O–H groups in total. The number of fused-ring (bicyclic) bond motifs is 1. The smallest absolute Gasteiger partial charge is 0.253 e. The van der Waals surface area contributed by atoms with Gasteiger partial charge in [-0.15, -0.1) is 0 Å². The van der Waals surface area contributed by atoms with Gasteiger partial charge in [-0.2, -0.15) is 4.31 Å². The van der Waals surface area contributed by atoms with E-state index in [2.05, 4.69) is 21.8 Å². The lowest BCUT2D eigenvalue weighted by Crippen LogP contribution is -2.54. The summed E-state index contributed by atoms with van der Waals surface area (Å²) in [5, 5.41) is 2.92. The van der Waals surface area contributed by atoms with Gasteiger partial charge in [-0.1, -0.05) is 12.1 Å². The van der Waals surface area contributed by atoms with E-state index in [4.69, 9.17) is 4.74 Å². The second-order valence-corrected chi connectivity index (χ2v) is 13.6. The third-order valence-electron chi connectivity index (χ3n) is 7.76. The molecule has 5 rings (SSSR count). The summed E-state index contributed by atoms with van der Waals surface area (Å²) in [6.07, 6.45) is 9.21. The number of amidine groups is 1. The van der Waals surface area contributed by atoms with Crippen molar-refractivity contribution in [2.45, 2.75) is 69.0 Å². The van der Waals surface area contributed by atoms with E-state index in [0.717, 1.165) is 56.7 Å². The Kier molecular flexibility index (Phi) is 7.37. The van der Waals surface area contributed by atoms with Crippen molar-refractivity contribution in [3.63, 3.8) is 0 Å². The van der Waals surface area contributed by atoms with E-state index >= 15 is 0 Å². The molecule has 1 aromatic carbocycles. The second kappa shape index (κ2) is 10.5. The Bertz CT molecular complexity index is 1330. The second-order valence-electron chi connectivity index (χ2n) is 11.7. The molecule has 4 heterocycles. The number of carbonyl (C=O) groups is 1. The Balaban J connectivity index is 1.22. The van der Waals surface area contributed by atoms with Gasteiger partial charge in [-0.05, 0) is 82.9 Å². The molecule has 0 saturated carbocycles. The Morgan fingerprint density at radius 1 is 1.10 bits per heavy atom. The minimum atomic E-state index is -3.66. The third kappa shape index (κ3) is 5.77. The number of aliphatic imine (C=N–C) groups is 1. The lowest BCUT2D eigenvalue weighted by molar-refractivity contribution is -0.117. The van der Waals surface area contributed by atoms with Crippen molar-refractivity contribution >= 4 is 21.8 Å². The SMILES string of the molecule is C=C(OC(C)(C)C)N1CCCCC12CCN(S(=O)(=O)c1ccc(CNC(=O)C3=CN4CCN=C4C=C3)cc1)C2. The molecule has 4 aliphatic heterocycles. The number of ether oxygens (including phenoxy) is 1. The van der Waals surface area contributed by atoms with Gasteiger partial charge >= 0.3 is 0 Å². The maximum Gasteiger partial charge on any atom is 0.253 e. The largest absolute Gasteiger partial charge is 0.474 e. The highest BCUT2D eigenvalue weighted by atomic mass is 32.2. The van der Waals surface area contributed by atoms with E-state index < -0.39 is 10.0 Å². The average molecular weight is 554 g/mol. The number of rotatable bonds is 7. The van der Waals surface area contributed by atoms with Crippen LogP contribution in [0.1, 0.15) is 52.0 Å². The standard InChI is InChI=1S/C29H39N5O4S/c1-22(38-28(2,3)4)34-16-6-5-13-29(34)14-17-33(21-29)39(36,37)25-10-7-23(8-11-25)19-31-27(35)24-9-12-26-30-15-18-32(26)20-24/h7-12,20H,1,5-6,13-19,21H2,2-4H3,(H,31,35). The van der Waals surface area contributed by atoms with Crippen molar-refractivity contribution in [2.75, 3.05) is 32.7 Å². The van der Waals surface area contributed by atoms with Crippen molar-refractivity contribution < 1.29 is 17.9 Å². The number of hydrogen-bond donors (Lipinski definition) is 1. The summed E-state index contributed by atoms with van der Waals surface area (Å²) in [4.78, 5) is 21.4. The van der Waals surface area contributed by atoms with Crippen molar-refractivity contribution in [1.82, 2.24) is 19.4 Å². The first-order valence-corrected chi connectivity index (χ1v) is 15.1. The molecular formula is C29H39N5O4S. The number of benzene rings is 1. The molecule has 1 unspecified atom stereocenters. The number of nitrogens with one attached hydrogen (secondary N) is 1. The number of amides is 1. The summed E-state index contributed by atoms with van der Waals surface area (Å²) in [5.74, 6) is 1.33. The zero-order valence-corrected chi connectivity index (χ0v) is 24.0. The molecule has 2 saturated heterocycles. The molecule has 10 heteroatoms. The third-order valence-corrected chi connectivity index (χ3v) is 9.62. The van der Waals surface area contributed by atoms with Crippen LogP contribution in [0.3, 0.4) is 0 Å². The van der Waals surface area contributed by atoms with Crippen LogP contribution in [0, 0.1) is 0 Å². The lowest BCUT2D eigenvalue weighted by Gasteiger charge is -2.47. The van der Waals surface area contributed by atoms with Gasteiger partial charge in [-0.3, -0.25) is 9.79 Å². The van der Waals surface area contributed by atoms with Crippen LogP contribution in [0.15, 0.2) is 70.5 Å². The molecule has 1 aromatic rings. The highest BCUT2D eigenvalue weighted by molar-refractivity contribution is 7.89. The number of nitrogens with zero attached hydrogens (tertiary/aromatic N) is 4. The normalized spacial score (nSPS) is 23.5. The number of piperidine rings is 1. The molecule has 0 bridgehead atoms. The highest BCUT2D eigenvalue weighted by Gasteiger charge is 2.48. The summed E-state index contributed by atoms with van der Waals surface area (Å²) in [6.45, 7) is 13.7. The highest BCUT2D eigenvalue weighted by Crippen LogP contribution is 2.41. The zero-order chi connectivity index (χ0) is 27.8. The van der Waals surface area contributed by atoms with Crippen LogP contribution >= 0.6 is 0 Å². The van der Waals surface area contributed by atoms with E-state index in [1.807, 2.05) is 37.9 Å². The summed E-state index contributed by atoms with van der Waals surface area (Å²) in [5.41, 5.74) is 0.753. The van der Waals surface area contributed by atoms with Crippen LogP contribution in [0.5, 0.6) is 0 Å². The lowest BCUT2D eigenvalue weighted by atomic mass is 9.86. The Morgan fingerprint density at radius 3 is 2.62 bits per heavy atom. The van der Waals surface area contributed by atoms with Crippen molar-refractivity contribution in [2.24, 2.45) is 4.99 Å². The molecule has 9 nitrogen and oxygen atoms in total. The number of carbonyl (C=O) groups excluding carboxylic acids is 1. The van der Waals surface area contributed by atoms with Gasteiger partial charge in [0, 0.05) is 38.9 Å². The van der Waals surface area contributed by atoms with Crippen LogP contribution in [-0.2, 0) is 26.1 Å². The summed E-state index contributed by atoms with van der Waals surface area (Å²) in [6, 6.07) is 6.80. The fraction of sp³-hybridized carbons (Fsp3) is 0.517. The van der Waals surface area contributed by atoms with Crippen molar-refractivity contribution in [3.05, 3.63) is 66.2 Å². The fourth-order valence-corrected chi connectivity index (χ4v) is 7.34. The first-order valence-electron chi connectivity index (χ1n) is 13.7. The van der Waals surface area contributed by atoms with Gasteiger partial charge in [0.05, 0.1) is 22.6 Å².